The molecular weight excluding hydrogens is 350 g/mol. The third kappa shape index (κ3) is 5.23. The fourth-order valence-electron chi connectivity index (χ4n) is 2.48. The number of nitrogens with zero attached hydrogens (tertiary/aromatic N) is 1. The molecule has 0 spiro atoms. The second kappa shape index (κ2) is 9.25. The Balaban J connectivity index is 1.90. The lowest BCUT2D eigenvalue weighted by atomic mass is 10.1. The summed E-state index contributed by atoms with van der Waals surface area (Å²) in [5.74, 6) is -0.163. The lowest BCUT2D eigenvalue weighted by Crippen LogP contribution is -2.30. The van der Waals surface area contributed by atoms with Crippen molar-refractivity contribution in [1.82, 2.24) is 4.90 Å². The summed E-state index contributed by atoms with van der Waals surface area (Å²) in [6.45, 7) is 7.30. The van der Waals surface area contributed by atoms with Gasteiger partial charge in [-0.3, -0.25) is 9.59 Å². The predicted molar refractivity (Wildman–Crippen MR) is 107 cm³/mol. The van der Waals surface area contributed by atoms with Gasteiger partial charge in [-0.25, -0.2) is 0 Å². The van der Waals surface area contributed by atoms with E-state index in [1.807, 2.05) is 32.9 Å². The Morgan fingerprint density at radius 3 is 2.19 bits per heavy atom. The lowest BCUT2D eigenvalue weighted by molar-refractivity contribution is -0.114. The monoisotopic (exact) mass is 373 g/mol. The minimum Gasteiger partial charge on any atom is -0.376 e. The van der Waals surface area contributed by atoms with Crippen LogP contribution in [-0.4, -0.2) is 36.3 Å². The van der Waals surface area contributed by atoms with Crippen molar-refractivity contribution in [3.63, 3.8) is 0 Å². The minimum absolute atomic E-state index is 0.00976. The van der Waals surface area contributed by atoms with E-state index in [2.05, 4.69) is 10.6 Å². The molecule has 6 heteroatoms. The molecular formula is C20H24ClN3O2. The zero-order valence-corrected chi connectivity index (χ0v) is 16.1. The van der Waals surface area contributed by atoms with Gasteiger partial charge in [-0.05, 0) is 62.7 Å². The largest absolute Gasteiger partial charge is 0.376 e. The Morgan fingerprint density at radius 2 is 1.62 bits per heavy atom. The molecule has 0 heterocycles. The van der Waals surface area contributed by atoms with E-state index in [0.717, 1.165) is 11.3 Å². The number of hydrogen-bond donors (Lipinski definition) is 2. The van der Waals surface area contributed by atoms with Crippen LogP contribution < -0.4 is 10.6 Å². The molecule has 0 saturated carbocycles. The Labute approximate surface area is 159 Å². The van der Waals surface area contributed by atoms with Crippen LogP contribution in [0.15, 0.2) is 42.5 Å². The summed E-state index contributed by atoms with van der Waals surface area (Å²) in [4.78, 5) is 26.1. The molecule has 0 aliphatic carbocycles. The van der Waals surface area contributed by atoms with Gasteiger partial charge >= 0.3 is 0 Å². The first-order valence-corrected chi connectivity index (χ1v) is 9.01. The molecule has 2 amide bonds. The van der Waals surface area contributed by atoms with Crippen LogP contribution in [0.25, 0.3) is 0 Å². The number of nitrogens with one attached hydrogen (secondary N) is 2. The zero-order chi connectivity index (χ0) is 19.1. The van der Waals surface area contributed by atoms with Gasteiger partial charge in [0.25, 0.3) is 5.91 Å². The average molecular weight is 374 g/mol. The van der Waals surface area contributed by atoms with Crippen LogP contribution >= 0.6 is 11.6 Å². The van der Waals surface area contributed by atoms with Crippen molar-refractivity contribution in [2.24, 2.45) is 0 Å². The number of hydrogen-bond acceptors (Lipinski definition) is 3. The van der Waals surface area contributed by atoms with Crippen LogP contribution in [0.3, 0.4) is 0 Å². The van der Waals surface area contributed by atoms with Crippen LogP contribution in [0.5, 0.6) is 0 Å². The second-order valence-corrected chi connectivity index (χ2v) is 6.33. The quantitative estimate of drug-likeness (QED) is 0.765. The molecule has 0 saturated heterocycles. The van der Waals surface area contributed by atoms with E-state index >= 15 is 0 Å². The number of benzene rings is 2. The van der Waals surface area contributed by atoms with E-state index in [0.29, 0.717) is 29.4 Å². The minimum atomic E-state index is -0.173. The predicted octanol–water partition coefficient (Wildman–Crippen LogP) is 4.18. The summed E-state index contributed by atoms with van der Waals surface area (Å²) in [6.07, 6.45) is 0. The molecule has 2 aromatic carbocycles. The van der Waals surface area contributed by atoms with E-state index in [1.54, 1.807) is 35.2 Å². The maximum Gasteiger partial charge on any atom is 0.253 e. The van der Waals surface area contributed by atoms with Crippen LogP contribution in [0.4, 0.5) is 11.4 Å². The number of halogens is 1. The van der Waals surface area contributed by atoms with Gasteiger partial charge in [-0.1, -0.05) is 17.7 Å². The number of carbonyl (C=O) groups is 2. The van der Waals surface area contributed by atoms with E-state index in [4.69, 9.17) is 11.6 Å². The van der Waals surface area contributed by atoms with Gasteiger partial charge in [-0.15, -0.1) is 0 Å². The van der Waals surface area contributed by atoms with Crippen LogP contribution in [0, 0.1) is 6.92 Å². The molecule has 138 valence electrons. The molecule has 5 nitrogen and oxygen atoms in total. The topological polar surface area (TPSA) is 61.4 Å². The average Bonchev–Trinajstić information content (AvgIpc) is 2.64. The van der Waals surface area contributed by atoms with Crippen LogP contribution in [-0.2, 0) is 4.79 Å². The fourth-order valence-corrected chi connectivity index (χ4v) is 2.66. The van der Waals surface area contributed by atoms with Gasteiger partial charge in [0.2, 0.25) is 5.91 Å². The molecule has 0 fully saturated rings. The first kappa shape index (κ1) is 19.8. The molecule has 0 bridgehead atoms. The van der Waals surface area contributed by atoms with Gasteiger partial charge in [-0.2, -0.15) is 0 Å². The molecule has 0 aliphatic heterocycles. The lowest BCUT2D eigenvalue weighted by Gasteiger charge is -2.18. The Hall–Kier alpha value is -2.53. The van der Waals surface area contributed by atoms with Crippen LogP contribution in [0.2, 0.25) is 5.02 Å². The molecule has 0 atom stereocenters. The van der Waals surface area contributed by atoms with Crippen LogP contribution in [0.1, 0.15) is 29.8 Å². The maximum atomic E-state index is 12.3. The number of anilines is 2. The van der Waals surface area contributed by atoms with E-state index < -0.39 is 0 Å². The highest BCUT2D eigenvalue weighted by Gasteiger charge is 2.12. The summed E-state index contributed by atoms with van der Waals surface area (Å²) in [5.41, 5.74) is 3.03. The first-order chi connectivity index (χ1) is 12.4. The van der Waals surface area contributed by atoms with Crippen molar-refractivity contribution in [2.75, 3.05) is 30.3 Å². The van der Waals surface area contributed by atoms with Crippen molar-refractivity contribution in [3.8, 4) is 0 Å². The first-order valence-electron chi connectivity index (χ1n) is 8.63. The molecule has 0 aliphatic rings. The molecule has 0 aromatic heterocycles. The molecule has 0 radical (unpaired) electrons. The molecule has 26 heavy (non-hydrogen) atoms. The maximum absolute atomic E-state index is 12.3. The fraction of sp³-hybridized carbons (Fsp3) is 0.300. The summed E-state index contributed by atoms with van der Waals surface area (Å²) < 4.78 is 0. The van der Waals surface area contributed by atoms with Crippen molar-refractivity contribution in [3.05, 3.63) is 58.6 Å². The number of amides is 2. The van der Waals surface area contributed by atoms with Gasteiger partial charge in [0.1, 0.15) is 0 Å². The Morgan fingerprint density at radius 1 is 1.00 bits per heavy atom. The van der Waals surface area contributed by atoms with E-state index in [1.165, 1.54) is 0 Å². The van der Waals surface area contributed by atoms with Gasteiger partial charge in [0, 0.05) is 35.1 Å². The van der Waals surface area contributed by atoms with Crippen molar-refractivity contribution in [2.45, 2.75) is 20.8 Å². The third-order valence-corrected chi connectivity index (χ3v) is 4.50. The highest BCUT2D eigenvalue weighted by Crippen LogP contribution is 2.20. The third-order valence-electron chi connectivity index (χ3n) is 4.09. The Kier molecular flexibility index (Phi) is 7.04. The normalized spacial score (nSPS) is 10.3. The Bertz CT molecular complexity index is 771. The van der Waals surface area contributed by atoms with Crippen molar-refractivity contribution >= 4 is 34.8 Å². The number of aryl methyl sites for hydroxylation is 1. The van der Waals surface area contributed by atoms with Gasteiger partial charge in [0.05, 0.1) is 6.54 Å². The van der Waals surface area contributed by atoms with E-state index in [-0.39, 0.29) is 18.4 Å². The van der Waals surface area contributed by atoms with Crippen molar-refractivity contribution < 1.29 is 9.59 Å². The smallest absolute Gasteiger partial charge is 0.253 e. The molecule has 2 rings (SSSR count). The van der Waals surface area contributed by atoms with Crippen molar-refractivity contribution in [1.29, 1.82) is 0 Å². The van der Waals surface area contributed by atoms with Gasteiger partial charge < -0.3 is 15.5 Å². The number of rotatable bonds is 7. The molecule has 2 aromatic rings. The van der Waals surface area contributed by atoms with Gasteiger partial charge in [0.15, 0.2) is 0 Å². The summed E-state index contributed by atoms with van der Waals surface area (Å²) in [5, 5.41) is 6.45. The van der Waals surface area contributed by atoms with E-state index in [9.17, 15) is 9.59 Å². The SMILES string of the molecule is CCN(CC)C(=O)c1ccc(NCC(=O)Nc2ccc(C)c(Cl)c2)cc1. The summed E-state index contributed by atoms with van der Waals surface area (Å²) >= 11 is 6.06. The number of carbonyl (C=O) groups excluding carboxylic acids is 2. The molecule has 2 N–H and O–H groups in total. The summed E-state index contributed by atoms with van der Waals surface area (Å²) in [7, 11) is 0. The molecule has 0 unspecified atom stereocenters. The standard InChI is InChI=1S/C20H24ClN3O2/c1-4-24(5-2)20(26)15-7-10-16(11-8-15)22-13-19(25)23-17-9-6-14(3)18(21)12-17/h6-12,22H,4-5,13H2,1-3H3,(H,23,25). The zero-order valence-electron chi connectivity index (χ0n) is 15.3. The highest BCUT2D eigenvalue weighted by molar-refractivity contribution is 6.31. The summed E-state index contributed by atoms with van der Waals surface area (Å²) in [6, 6.07) is 12.5. The second-order valence-electron chi connectivity index (χ2n) is 5.92. The highest BCUT2D eigenvalue weighted by atomic mass is 35.5.